The molecule has 0 aliphatic carbocycles. The highest BCUT2D eigenvalue weighted by atomic mass is 16.1. The molecule has 1 aromatic heterocycles. The van der Waals surface area contributed by atoms with E-state index in [0.29, 0.717) is 11.4 Å². The minimum Gasteiger partial charge on any atom is -0.314 e. The molecule has 0 unspecified atom stereocenters. The summed E-state index contributed by atoms with van der Waals surface area (Å²) in [6.07, 6.45) is 2.88. The maximum Gasteiger partial charge on any atom is 0.258 e. The van der Waals surface area contributed by atoms with Crippen LogP contribution in [0.1, 0.15) is 24.7 Å². The molecule has 0 spiro atoms. The molecule has 24 heavy (non-hydrogen) atoms. The largest absolute Gasteiger partial charge is 0.314 e. The Labute approximate surface area is 142 Å². The Kier molecular flexibility index (Phi) is 5.39. The molecule has 0 aliphatic heterocycles. The van der Waals surface area contributed by atoms with Gasteiger partial charge in [-0.1, -0.05) is 42.5 Å². The summed E-state index contributed by atoms with van der Waals surface area (Å²) in [5.41, 5.74) is 2.06. The van der Waals surface area contributed by atoms with E-state index in [1.807, 2.05) is 24.3 Å². The third kappa shape index (κ3) is 4.30. The third-order valence-corrected chi connectivity index (χ3v) is 4.23. The Morgan fingerprint density at radius 2 is 1.79 bits per heavy atom. The van der Waals surface area contributed by atoms with E-state index >= 15 is 0 Å². The van der Waals surface area contributed by atoms with Crippen molar-refractivity contribution in [3.63, 3.8) is 0 Å². The van der Waals surface area contributed by atoms with E-state index in [1.165, 1.54) is 5.56 Å². The zero-order valence-electron chi connectivity index (χ0n) is 14.0. The summed E-state index contributed by atoms with van der Waals surface area (Å²) in [6, 6.07) is 18.4. The number of nitrogens with one attached hydrogen (secondary N) is 2. The van der Waals surface area contributed by atoms with Gasteiger partial charge in [0.05, 0.1) is 10.9 Å². The SMILES string of the molecule is C[C@H](CCc1ccccc1)NCCc1nc2ccccc2c(=O)[nH]1. The zero-order valence-corrected chi connectivity index (χ0v) is 14.0. The van der Waals surface area contributed by atoms with Crippen LogP contribution in [0.2, 0.25) is 0 Å². The van der Waals surface area contributed by atoms with Gasteiger partial charge >= 0.3 is 0 Å². The topological polar surface area (TPSA) is 57.8 Å². The van der Waals surface area contributed by atoms with E-state index in [2.05, 4.69) is 46.5 Å². The summed E-state index contributed by atoms with van der Waals surface area (Å²) in [6.45, 7) is 3.00. The Hall–Kier alpha value is -2.46. The molecule has 124 valence electrons. The van der Waals surface area contributed by atoms with E-state index in [4.69, 9.17) is 0 Å². The van der Waals surface area contributed by atoms with E-state index in [1.54, 1.807) is 6.07 Å². The highest BCUT2D eigenvalue weighted by molar-refractivity contribution is 5.77. The molecular formula is C20H23N3O. The van der Waals surface area contributed by atoms with Crippen LogP contribution in [0.5, 0.6) is 0 Å². The predicted molar refractivity (Wildman–Crippen MR) is 98.3 cm³/mol. The van der Waals surface area contributed by atoms with Gasteiger partial charge in [0.1, 0.15) is 5.82 Å². The minimum absolute atomic E-state index is 0.0623. The third-order valence-electron chi connectivity index (χ3n) is 4.23. The van der Waals surface area contributed by atoms with Gasteiger partial charge in [-0.15, -0.1) is 0 Å². The first-order valence-electron chi connectivity index (χ1n) is 8.47. The second-order valence-corrected chi connectivity index (χ2v) is 6.16. The van der Waals surface area contributed by atoms with Gasteiger partial charge in [0.15, 0.2) is 0 Å². The molecule has 4 nitrogen and oxygen atoms in total. The first-order chi connectivity index (χ1) is 11.7. The molecule has 2 aromatic carbocycles. The summed E-state index contributed by atoms with van der Waals surface area (Å²) in [7, 11) is 0. The lowest BCUT2D eigenvalue weighted by Crippen LogP contribution is -2.29. The number of para-hydroxylation sites is 1. The minimum atomic E-state index is -0.0623. The fourth-order valence-electron chi connectivity index (χ4n) is 2.82. The Morgan fingerprint density at radius 1 is 1.04 bits per heavy atom. The van der Waals surface area contributed by atoms with Crippen LogP contribution in [0.3, 0.4) is 0 Å². The molecule has 0 saturated heterocycles. The highest BCUT2D eigenvalue weighted by Gasteiger charge is 2.05. The van der Waals surface area contributed by atoms with Crippen molar-refractivity contribution in [3.05, 3.63) is 76.3 Å². The molecule has 3 aromatic rings. The lowest BCUT2D eigenvalue weighted by atomic mass is 10.1. The number of hydrogen-bond donors (Lipinski definition) is 2. The zero-order chi connectivity index (χ0) is 16.8. The van der Waals surface area contributed by atoms with Crippen molar-refractivity contribution in [2.45, 2.75) is 32.2 Å². The molecule has 0 amide bonds. The standard InChI is InChI=1S/C20H23N3O/c1-15(11-12-16-7-3-2-4-8-16)21-14-13-19-22-18-10-6-5-9-17(18)20(24)23-19/h2-10,15,21H,11-14H2,1H3,(H,22,23,24)/t15-/m1/s1. The lowest BCUT2D eigenvalue weighted by molar-refractivity contribution is 0.514. The quantitative estimate of drug-likeness (QED) is 0.703. The van der Waals surface area contributed by atoms with E-state index in [9.17, 15) is 4.79 Å². The van der Waals surface area contributed by atoms with Gasteiger partial charge in [0.25, 0.3) is 5.56 Å². The van der Waals surface area contributed by atoms with Gasteiger partial charge in [0, 0.05) is 19.0 Å². The van der Waals surface area contributed by atoms with Crippen LogP contribution >= 0.6 is 0 Å². The molecule has 4 heteroatoms. The van der Waals surface area contributed by atoms with Crippen LogP contribution in [0.25, 0.3) is 10.9 Å². The Morgan fingerprint density at radius 3 is 2.62 bits per heavy atom. The molecule has 0 fully saturated rings. The first-order valence-corrected chi connectivity index (χ1v) is 8.47. The van der Waals surface area contributed by atoms with E-state index in [-0.39, 0.29) is 5.56 Å². The average Bonchev–Trinajstić information content (AvgIpc) is 2.61. The van der Waals surface area contributed by atoms with Crippen LogP contribution in [0, 0.1) is 0 Å². The first kappa shape index (κ1) is 16.4. The normalized spacial score (nSPS) is 12.4. The van der Waals surface area contributed by atoms with Gasteiger partial charge in [0.2, 0.25) is 0 Å². The molecule has 1 heterocycles. The van der Waals surface area contributed by atoms with E-state index < -0.39 is 0 Å². The van der Waals surface area contributed by atoms with Gasteiger partial charge in [-0.05, 0) is 37.5 Å². The summed E-state index contributed by atoms with van der Waals surface area (Å²) >= 11 is 0. The fourth-order valence-corrected chi connectivity index (χ4v) is 2.82. The summed E-state index contributed by atoms with van der Waals surface area (Å²) in [5.74, 6) is 0.737. The van der Waals surface area contributed by atoms with Crippen molar-refractivity contribution in [2.75, 3.05) is 6.54 Å². The second kappa shape index (κ2) is 7.88. The Bertz CT molecular complexity index is 842. The lowest BCUT2D eigenvalue weighted by Gasteiger charge is -2.13. The number of rotatable bonds is 7. The molecular weight excluding hydrogens is 298 g/mol. The predicted octanol–water partition coefficient (Wildman–Crippen LogP) is 3.08. The molecule has 3 rings (SSSR count). The molecule has 0 bridgehead atoms. The van der Waals surface area contributed by atoms with Crippen molar-refractivity contribution >= 4 is 10.9 Å². The molecule has 0 radical (unpaired) electrons. The molecule has 2 N–H and O–H groups in total. The number of benzene rings is 2. The van der Waals surface area contributed by atoms with Gasteiger partial charge in [-0.3, -0.25) is 4.79 Å². The number of hydrogen-bond acceptors (Lipinski definition) is 3. The monoisotopic (exact) mass is 321 g/mol. The molecule has 0 saturated carbocycles. The fraction of sp³-hybridized carbons (Fsp3) is 0.300. The van der Waals surface area contributed by atoms with Crippen LogP contribution in [-0.4, -0.2) is 22.6 Å². The van der Waals surface area contributed by atoms with Crippen molar-refractivity contribution in [1.29, 1.82) is 0 Å². The van der Waals surface area contributed by atoms with E-state index in [0.717, 1.165) is 37.1 Å². The van der Waals surface area contributed by atoms with Crippen molar-refractivity contribution in [3.8, 4) is 0 Å². The molecule has 1 atom stereocenters. The summed E-state index contributed by atoms with van der Waals surface area (Å²) in [5, 5.41) is 4.15. The van der Waals surface area contributed by atoms with Crippen LogP contribution < -0.4 is 10.9 Å². The van der Waals surface area contributed by atoms with Crippen molar-refractivity contribution in [1.82, 2.24) is 15.3 Å². The van der Waals surface area contributed by atoms with Gasteiger partial charge < -0.3 is 10.3 Å². The summed E-state index contributed by atoms with van der Waals surface area (Å²) < 4.78 is 0. The number of nitrogens with zero attached hydrogens (tertiary/aromatic N) is 1. The maximum atomic E-state index is 12.0. The van der Waals surface area contributed by atoms with Crippen molar-refractivity contribution < 1.29 is 0 Å². The average molecular weight is 321 g/mol. The summed E-state index contributed by atoms with van der Waals surface area (Å²) in [4.78, 5) is 19.4. The Balaban J connectivity index is 1.50. The smallest absolute Gasteiger partial charge is 0.258 e. The highest BCUT2D eigenvalue weighted by Crippen LogP contribution is 2.06. The van der Waals surface area contributed by atoms with Crippen LogP contribution in [0.4, 0.5) is 0 Å². The number of aromatic nitrogens is 2. The van der Waals surface area contributed by atoms with Crippen LogP contribution in [0.15, 0.2) is 59.4 Å². The second-order valence-electron chi connectivity index (χ2n) is 6.16. The van der Waals surface area contributed by atoms with Gasteiger partial charge in [-0.25, -0.2) is 4.98 Å². The van der Waals surface area contributed by atoms with Gasteiger partial charge in [-0.2, -0.15) is 0 Å². The number of fused-ring (bicyclic) bond motifs is 1. The maximum absolute atomic E-state index is 12.0. The van der Waals surface area contributed by atoms with Crippen LogP contribution in [-0.2, 0) is 12.8 Å². The molecule has 0 aliphatic rings. The van der Waals surface area contributed by atoms with Crippen molar-refractivity contribution in [2.24, 2.45) is 0 Å². The number of H-pyrrole nitrogens is 1. The number of aryl methyl sites for hydroxylation is 1. The number of aromatic amines is 1.